The minimum Gasteiger partial charge on any atom is -0.434 e. The molecule has 0 aliphatic carbocycles. The van der Waals surface area contributed by atoms with Gasteiger partial charge in [0, 0.05) is 196 Å². The Kier molecular flexibility index (Phi) is 150. The van der Waals surface area contributed by atoms with Gasteiger partial charge in [0.05, 0.1) is 0 Å². The van der Waals surface area contributed by atoms with E-state index in [0.717, 1.165) is 12.3 Å². The summed E-state index contributed by atoms with van der Waals surface area (Å²) >= 11 is 0. The van der Waals surface area contributed by atoms with Gasteiger partial charge in [0.1, 0.15) is 0 Å². The minimum atomic E-state index is -0.218. The van der Waals surface area contributed by atoms with Gasteiger partial charge >= 0.3 is 0 Å². The normalized spacial score (nSPS) is 7.00. The Bertz CT molecular complexity index is 110. The zero-order valence-corrected chi connectivity index (χ0v) is 34.8. The molecule has 0 aliphatic heterocycles. The van der Waals surface area contributed by atoms with Gasteiger partial charge in [-0.1, -0.05) is 20.3 Å². The van der Waals surface area contributed by atoms with Gasteiger partial charge in [0.25, 0.3) is 0 Å². The smallest absolute Gasteiger partial charge is 0 e. The van der Waals surface area contributed by atoms with E-state index in [-0.39, 0.29) is 202 Å². The first-order valence-corrected chi connectivity index (χ1v) is 6.94. The summed E-state index contributed by atoms with van der Waals surface area (Å²) in [7, 11) is 0. The maximum atomic E-state index is 3.82. The van der Waals surface area contributed by atoms with Crippen molar-refractivity contribution in [2.75, 3.05) is 0 Å². The summed E-state index contributed by atoms with van der Waals surface area (Å²) in [6.45, 7) is 27.9. The minimum absolute atomic E-state index is 0. The molecule has 0 amide bonds. The average molecular weight is 788 g/mol. The summed E-state index contributed by atoms with van der Waals surface area (Å²) < 4.78 is 0. The second kappa shape index (κ2) is 57.1. The molecule has 0 aromatic carbocycles. The number of rotatable bonds is 3. The van der Waals surface area contributed by atoms with Crippen LogP contribution in [0.4, 0.5) is 0 Å². The van der Waals surface area contributed by atoms with Gasteiger partial charge in [-0.25, -0.2) is 0 Å². The molecule has 0 fully saturated rings. The van der Waals surface area contributed by atoms with Crippen molar-refractivity contribution in [1.82, 2.24) is 0 Å². The average Bonchev–Trinajstić information content (AvgIpc) is 2.17. The van der Waals surface area contributed by atoms with E-state index in [1.807, 2.05) is 60.8 Å². The predicted molar refractivity (Wildman–Crippen MR) is 89.5 cm³/mol. The van der Waals surface area contributed by atoms with Crippen LogP contribution in [0.25, 0.3) is 0 Å². The molecule has 0 heterocycles. The first-order chi connectivity index (χ1) is 8.16. The van der Waals surface area contributed by atoms with Crippen LogP contribution in [0.2, 0.25) is 0 Å². The van der Waals surface area contributed by atoms with Gasteiger partial charge in [-0.05, 0) is 5.92 Å². The molecule has 0 aromatic rings. The molecule has 134 valence electrons. The van der Waals surface area contributed by atoms with Gasteiger partial charge in [-0.2, -0.15) is 41.5 Å². The molecule has 0 N–H and O–H groups in total. The molecule has 0 spiro atoms. The Balaban J connectivity index is -0.0000000143. The van der Waals surface area contributed by atoms with Gasteiger partial charge in [-0.15, -0.1) is 6.42 Å². The zero-order chi connectivity index (χ0) is 15.6. The van der Waals surface area contributed by atoms with Crippen LogP contribution in [0.1, 0.15) is 68.2 Å². The van der Waals surface area contributed by atoms with Crippen molar-refractivity contribution < 1.29 is 196 Å². The second-order valence-corrected chi connectivity index (χ2v) is 5.16. The zero-order valence-electron chi connectivity index (χ0n) is 17.8. The molecule has 0 aliphatic rings. The first kappa shape index (κ1) is 63.2. The van der Waals surface area contributed by atoms with Crippen molar-refractivity contribution in [3.05, 3.63) is 40.0 Å². The van der Waals surface area contributed by atoms with Crippen molar-refractivity contribution in [2.45, 2.75) is 68.2 Å². The van der Waals surface area contributed by atoms with E-state index in [1.54, 1.807) is 0 Å². The van der Waals surface area contributed by atoms with Gasteiger partial charge in [0.2, 0.25) is 0 Å². The standard InChI is InChI=1S/C9H17.3C3H7.6Y/c1-8(2)6-7-9(3,4)5;3*1-3-2;;;;;;/h8H,3-7H2,1-2H3;3*3H,1-2H3;;;;;;/q-3;3*-1;;;;;;. The molecule has 0 saturated carbocycles. The maximum absolute atomic E-state index is 3.82. The van der Waals surface area contributed by atoms with Crippen LogP contribution < -0.4 is 0 Å². The first-order valence-electron chi connectivity index (χ1n) is 6.94. The van der Waals surface area contributed by atoms with Gasteiger partial charge in [0.15, 0.2) is 0 Å². The Morgan fingerprint density at radius 1 is 0.625 bits per heavy atom. The third-order valence-electron chi connectivity index (χ3n) is 1.25. The summed E-state index contributed by atoms with van der Waals surface area (Å²) in [5.41, 5.74) is -0.218. The summed E-state index contributed by atoms with van der Waals surface area (Å²) in [5.74, 6) is 0.745. The SMILES string of the molecule is C[CH-]C.C[CH-]C.C[CH-]C.[CH2-]C([CH2-])([CH2-])CCC(C)C.[Y].[Y].[Y].[Y].[Y].[Y]. The van der Waals surface area contributed by atoms with E-state index in [0.29, 0.717) is 0 Å². The molecule has 6 heteroatoms. The monoisotopic (exact) mass is 788 g/mol. The third-order valence-corrected chi connectivity index (χ3v) is 1.25. The molecule has 24 heavy (non-hydrogen) atoms. The Morgan fingerprint density at radius 3 is 0.833 bits per heavy atom. The molecular formula is C18H38Y6-6. The van der Waals surface area contributed by atoms with Gasteiger partial charge in [-0.3, -0.25) is 0 Å². The Hall–Kier alpha value is 6.62. The third kappa shape index (κ3) is 137. The van der Waals surface area contributed by atoms with Crippen LogP contribution in [0, 0.1) is 51.4 Å². The second-order valence-electron chi connectivity index (χ2n) is 5.16. The Morgan fingerprint density at radius 2 is 0.792 bits per heavy atom. The van der Waals surface area contributed by atoms with E-state index < -0.39 is 0 Å². The Labute approximate surface area is 308 Å². The molecule has 0 saturated heterocycles. The fourth-order valence-electron chi connectivity index (χ4n) is 0.595. The van der Waals surface area contributed by atoms with Crippen LogP contribution in [0.5, 0.6) is 0 Å². The van der Waals surface area contributed by atoms with E-state index in [1.165, 1.54) is 6.42 Å². The largest absolute Gasteiger partial charge is 0.434 e. The topological polar surface area (TPSA) is 0 Å². The van der Waals surface area contributed by atoms with Crippen LogP contribution in [0.3, 0.4) is 0 Å². The van der Waals surface area contributed by atoms with E-state index in [9.17, 15) is 0 Å². The van der Waals surface area contributed by atoms with Crippen molar-refractivity contribution in [2.24, 2.45) is 11.3 Å². The predicted octanol–water partition coefficient (Wildman–Crippen LogP) is 6.59. The quantitative estimate of drug-likeness (QED) is 0.284. The summed E-state index contributed by atoms with van der Waals surface area (Å²) in [6.07, 6.45) is 8.20. The van der Waals surface area contributed by atoms with Crippen LogP contribution in [-0.4, -0.2) is 0 Å². The summed E-state index contributed by atoms with van der Waals surface area (Å²) in [4.78, 5) is 0. The van der Waals surface area contributed by atoms with Crippen LogP contribution in [0.15, 0.2) is 0 Å². The van der Waals surface area contributed by atoms with E-state index >= 15 is 0 Å². The molecular weight excluding hydrogens is 750 g/mol. The van der Waals surface area contributed by atoms with E-state index in [4.69, 9.17) is 0 Å². The van der Waals surface area contributed by atoms with Crippen molar-refractivity contribution in [3.8, 4) is 0 Å². The number of hydrogen-bond acceptors (Lipinski definition) is 0. The van der Waals surface area contributed by atoms with Crippen LogP contribution in [-0.2, 0) is 196 Å². The summed E-state index contributed by atoms with van der Waals surface area (Å²) in [6, 6.07) is 0. The summed E-state index contributed by atoms with van der Waals surface area (Å²) in [5, 5.41) is 0. The molecule has 0 nitrogen and oxygen atoms in total. The van der Waals surface area contributed by atoms with Crippen LogP contribution >= 0.6 is 0 Å². The molecule has 0 rings (SSSR count). The maximum Gasteiger partial charge on any atom is 0 e. The number of hydrogen-bond donors (Lipinski definition) is 0. The molecule has 6 radical (unpaired) electrons. The van der Waals surface area contributed by atoms with E-state index in [2.05, 4.69) is 34.6 Å². The molecule has 0 atom stereocenters. The van der Waals surface area contributed by atoms with Crippen molar-refractivity contribution in [1.29, 1.82) is 0 Å². The molecule has 0 unspecified atom stereocenters. The van der Waals surface area contributed by atoms with Gasteiger partial charge < -0.3 is 45.4 Å². The van der Waals surface area contributed by atoms with Crippen molar-refractivity contribution in [3.63, 3.8) is 0 Å². The van der Waals surface area contributed by atoms with Crippen molar-refractivity contribution >= 4 is 0 Å². The fourth-order valence-corrected chi connectivity index (χ4v) is 0.595. The molecule has 0 bridgehead atoms. The fraction of sp³-hybridized carbons (Fsp3) is 0.667. The molecule has 0 aromatic heterocycles.